The van der Waals surface area contributed by atoms with Crippen molar-refractivity contribution in [3.05, 3.63) is 34.9 Å². The number of nitrogens with two attached hydrogens (primary N) is 1. The molecule has 1 aromatic rings. The van der Waals surface area contributed by atoms with Gasteiger partial charge in [-0.25, -0.2) is 4.79 Å². The maximum absolute atomic E-state index is 12.4. The van der Waals surface area contributed by atoms with E-state index in [-0.39, 0.29) is 24.8 Å². The normalized spacial score (nSPS) is 11.5. The fourth-order valence-electron chi connectivity index (χ4n) is 2.42. The number of halogens is 1. The van der Waals surface area contributed by atoms with Crippen LogP contribution in [0.2, 0.25) is 5.02 Å². The van der Waals surface area contributed by atoms with Crippen molar-refractivity contribution in [3.8, 4) is 0 Å². The van der Waals surface area contributed by atoms with Crippen LogP contribution in [0.3, 0.4) is 0 Å². The van der Waals surface area contributed by atoms with E-state index in [1.54, 1.807) is 36.2 Å². The minimum Gasteiger partial charge on any atom is -0.352 e. The van der Waals surface area contributed by atoms with Crippen molar-refractivity contribution in [2.75, 3.05) is 26.7 Å². The lowest BCUT2D eigenvalue weighted by atomic mass is 10.0. The Hall–Kier alpha value is -2.28. The smallest absolute Gasteiger partial charge is 0.312 e. The molecule has 0 aliphatic rings. The van der Waals surface area contributed by atoms with Crippen molar-refractivity contribution in [3.63, 3.8) is 0 Å². The predicted molar refractivity (Wildman–Crippen MR) is 97.1 cm³/mol. The molecule has 25 heavy (non-hydrogen) atoms. The van der Waals surface area contributed by atoms with Crippen LogP contribution in [0, 0.1) is 0 Å². The molecule has 8 heteroatoms. The minimum atomic E-state index is -0.727. The second-order valence-corrected chi connectivity index (χ2v) is 6.07. The Morgan fingerprint density at radius 2 is 1.68 bits per heavy atom. The van der Waals surface area contributed by atoms with Crippen LogP contribution < -0.4 is 11.1 Å². The molecule has 3 N–H and O–H groups in total. The molecule has 1 rings (SSSR count). The molecular weight excluding hydrogens is 344 g/mol. The van der Waals surface area contributed by atoms with E-state index in [0.29, 0.717) is 23.7 Å². The topological polar surface area (TPSA) is 95.7 Å². The molecule has 7 nitrogen and oxygen atoms in total. The van der Waals surface area contributed by atoms with Crippen LogP contribution >= 0.6 is 11.6 Å². The largest absolute Gasteiger partial charge is 0.352 e. The van der Waals surface area contributed by atoms with Crippen molar-refractivity contribution in [1.82, 2.24) is 15.1 Å². The molecule has 0 bridgehead atoms. The van der Waals surface area contributed by atoms with Gasteiger partial charge < -0.3 is 20.9 Å². The molecule has 0 aliphatic heterocycles. The number of hydrogen-bond donors (Lipinski definition) is 2. The molecule has 1 unspecified atom stereocenters. The van der Waals surface area contributed by atoms with Gasteiger partial charge >= 0.3 is 6.03 Å². The van der Waals surface area contributed by atoms with Gasteiger partial charge in [0.25, 0.3) is 0 Å². The third-order valence-corrected chi connectivity index (χ3v) is 4.13. The summed E-state index contributed by atoms with van der Waals surface area (Å²) in [7, 11) is 1.56. The predicted octanol–water partition coefficient (Wildman–Crippen LogP) is 1.77. The molecule has 1 atom stereocenters. The van der Waals surface area contributed by atoms with Gasteiger partial charge in [0.05, 0.1) is 19.0 Å². The number of benzene rings is 1. The zero-order valence-electron chi connectivity index (χ0n) is 14.8. The third kappa shape index (κ3) is 6.62. The number of nitrogens with one attached hydrogen (secondary N) is 1. The van der Waals surface area contributed by atoms with Gasteiger partial charge in [-0.2, -0.15) is 0 Å². The van der Waals surface area contributed by atoms with Gasteiger partial charge in [-0.1, -0.05) is 23.7 Å². The first kappa shape index (κ1) is 20.8. The second-order valence-electron chi connectivity index (χ2n) is 5.63. The first-order valence-corrected chi connectivity index (χ1v) is 8.49. The molecule has 0 spiro atoms. The minimum absolute atomic E-state index is 0.00734. The first-order valence-electron chi connectivity index (χ1n) is 8.11. The highest BCUT2D eigenvalue weighted by Crippen LogP contribution is 2.20. The molecule has 138 valence electrons. The molecular formula is C17H25ClN4O3. The van der Waals surface area contributed by atoms with E-state index in [9.17, 15) is 14.4 Å². The second kappa shape index (κ2) is 9.88. The summed E-state index contributed by atoms with van der Waals surface area (Å²) in [6.07, 6.45) is -0.00734. The van der Waals surface area contributed by atoms with Crippen LogP contribution in [-0.2, 0) is 9.59 Å². The summed E-state index contributed by atoms with van der Waals surface area (Å²) in [5, 5.41) is 3.10. The van der Waals surface area contributed by atoms with Crippen LogP contribution in [0.15, 0.2) is 24.3 Å². The van der Waals surface area contributed by atoms with E-state index in [0.717, 1.165) is 0 Å². The van der Waals surface area contributed by atoms with E-state index in [4.69, 9.17) is 17.3 Å². The fourth-order valence-corrected chi connectivity index (χ4v) is 2.54. The van der Waals surface area contributed by atoms with E-state index >= 15 is 0 Å². The molecule has 4 amide bonds. The van der Waals surface area contributed by atoms with Gasteiger partial charge in [0.15, 0.2) is 0 Å². The summed E-state index contributed by atoms with van der Waals surface area (Å²) in [6, 6.07) is 5.46. The summed E-state index contributed by atoms with van der Waals surface area (Å²) in [6.45, 7) is 4.94. The van der Waals surface area contributed by atoms with E-state index in [2.05, 4.69) is 5.32 Å². The number of nitrogens with zero attached hydrogens (tertiary/aromatic N) is 2. The van der Waals surface area contributed by atoms with Crippen LogP contribution in [-0.4, -0.2) is 54.3 Å². The van der Waals surface area contributed by atoms with Gasteiger partial charge in [0.1, 0.15) is 0 Å². The molecule has 0 saturated heterocycles. The highest BCUT2D eigenvalue weighted by Gasteiger charge is 2.22. The van der Waals surface area contributed by atoms with Crippen molar-refractivity contribution >= 4 is 29.4 Å². The molecule has 0 fully saturated rings. The maximum atomic E-state index is 12.4. The highest BCUT2D eigenvalue weighted by atomic mass is 35.5. The average Bonchev–Trinajstić information content (AvgIpc) is 2.55. The number of hydrogen-bond acceptors (Lipinski definition) is 3. The monoisotopic (exact) mass is 368 g/mol. The third-order valence-electron chi connectivity index (χ3n) is 3.88. The van der Waals surface area contributed by atoms with Crippen molar-refractivity contribution in [1.29, 1.82) is 0 Å². The van der Waals surface area contributed by atoms with Crippen LogP contribution in [0.4, 0.5) is 4.79 Å². The molecule has 0 aromatic heterocycles. The van der Waals surface area contributed by atoms with Crippen LogP contribution in [0.1, 0.15) is 31.9 Å². The molecule has 0 aliphatic carbocycles. The number of urea groups is 1. The zero-order valence-corrected chi connectivity index (χ0v) is 15.5. The SMILES string of the molecule is CCN(CC)C(=O)CN(C)C(=O)CC(NC(N)=O)c1ccc(Cl)cc1. The standard InChI is InChI=1S/C17H25ClN4O3/c1-4-22(5-2)16(24)11-21(3)15(23)10-14(20-17(19)25)12-6-8-13(18)9-7-12/h6-9,14H,4-5,10-11H2,1-3H3,(H3,19,20,25). The average molecular weight is 369 g/mol. The summed E-state index contributed by atoms with van der Waals surface area (Å²) in [4.78, 5) is 38.8. The van der Waals surface area contributed by atoms with Gasteiger partial charge in [-0.3, -0.25) is 9.59 Å². The van der Waals surface area contributed by atoms with Gasteiger partial charge in [-0.05, 0) is 31.5 Å². The lowest BCUT2D eigenvalue weighted by Crippen LogP contribution is -2.42. The van der Waals surface area contributed by atoms with E-state index in [1.807, 2.05) is 13.8 Å². The number of amides is 4. The van der Waals surface area contributed by atoms with E-state index in [1.165, 1.54) is 4.90 Å². The Balaban J connectivity index is 2.78. The van der Waals surface area contributed by atoms with Crippen LogP contribution in [0.25, 0.3) is 0 Å². The fraction of sp³-hybridized carbons (Fsp3) is 0.471. The zero-order chi connectivity index (χ0) is 19.0. The Morgan fingerprint density at radius 1 is 1.12 bits per heavy atom. The van der Waals surface area contributed by atoms with Gasteiger partial charge in [0, 0.05) is 25.2 Å². The summed E-state index contributed by atoms with van der Waals surface area (Å²) in [5.41, 5.74) is 5.92. The Bertz CT molecular complexity index is 602. The summed E-state index contributed by atoms with van der Waals surface area (Å²) in [5.74, 6) is -0.388. The molecule has 1 aromatic carbocycles. The number of carbonyl (C=O) groups is 3. The summed E-state index contributed by atoms with van der Waals surface area (Å²) >= 11 is 5.86. The van der Waals surface area contributed by atoms with E-state index < -0.39 is 12.1 Å². The molecule has 0 heterocycles. The van der Waals surface area contributed by atoms with Gasteiger partial charge in [-0.15, -0.1) is 0 Å². The Labute approximate surface area is 153 Å². The number of rotatable bonds is 8. The lowest BCUT2D eigenvalue weighted by Gasteiger charge is -2.25. The van der Waals surface area contributed by atoms with Crippen molar-refractivity contribution < 1.29 is 14.4 Å². The lowest BCUT2D eigenvalue weighted by molar-refractivity contribution is -0.139. The first-order chi connectivity index (χ1) is 11.8. The Morgan fingerprint density at radius 3 is 2.16 bits per heavy atom. The Kier molecular flexibility index (Phi) is 8.21. The molecule has 0 radical (unpaired) electrons. The van der Waals surface area contributed by atoms with Gasteiger partial charge in [0.2, 0.25) is 11.8 Å². The number of carbonyl (C=O) groups excluding carboxylic acids is 3. The highest BCUT2D eigenvalue weighted by molar-refractivity contribution is 6.30. The summed E-state index contributed by atoms with van der Waals surface area (Å²) < 4.78 is 0. The maximum Gasteiger partial charge on any atom is 0.312 e. The van der Waals surface area contributed by atoms with Crippen molar-refractivity contribution in [2.45, 2.75) is 26.3 Å². The quantitative estimate of drug-likeness (QED) is 0.731. The number of primary amides is 1. The molecule has 0 saturated carbocycles. The number of likely N-dealkylation sites (N-methyl/N-ethyl adjacent to an activating group) is 2. The van der Waals surface area contributed by atoms with Crippen LogP contribution in [0.5, 0.6) is 0 Å². The van der Waals surface area contributed by atoms with Crippen molar-refractivity contribution in [2.24, 2.45) is 5.73 Å².